The lowest BCUT2D eigenvalue weighted by Crippen LogP contribution is -2.41. The molecule has 6 heteroatoms. The molecule has 2 aromatic rings. The molecule has 0 saturated carbocycles. The maximum Gasteiger partial charge on any atom is 0.191 e. The summed E-state index contributed by atoms with van der Waals surface area (Å²) in [6.45, 7) is 6.01. The lowest BCUT2D eigenvalue weighted by molar-refractivity contribution is 0.0531. The Balaban J connectivity index is 1.65. The van der Waals surface area contributed by atoms with Crippen molar-refractivity contribution in [3.05, 3.63) is 59.7 Å². The number of aliphatic imine (C=N–C) groups is 1. The van der Waals surface area contributed by atoms with Crippen LogP contribution in [0.2, 0.25) is 0 Å². The molecule has 1 aliphatic rings. The standard InChI is InChI=1S/C25H35N3O3/c1-4-26-24(27-15-12-20-10-11-22(29-2)23(18-20)30-3)28-19-25(13-16-31-17-14-25)21-8-6-5-7-9-21/h5-11,18H,4,12-17,19H2,1-3H3,(H2,26,27,28). The molecule has 1 heterocycles. The molecule has 2 aromatic carbocycles. The summed E-state index contributed by atoms with van der Waals surface area (Å²) in [6, 6.07) is 16.8. The molecular formula is C25H35N3O3. The minimum Gasteiger partial charge on any atom is -0.493 e. The van der Waals surface area contributed by atoms with Crippen LogP contribution in [0.1, 0.15) is 30.9 Å². The van der Waals surface area contributed by atoms with Crippen molar-refractivity contribution in [1.82, 2.24) is 10.6 Å². The van der Waals surface area contributed by atoms with E-state index in [-0.39, 0.29) is 5.41 Å². The van der Waals surface area contributed by atoms with Gasteiger partial charge in [-0.25, -0.2) is 0 Å². The third-order valence-electron chi connectivity index (χ3n) is 5.87. The van der Waals surface area contributed by atoms with Gasteiger partial charge in [-0.1, -0.05) is 36.4 Å². The second-order valence-electron chi connectivity index (χ2n) is 7.82. The minimum absolute atomic E-state index is 0.0329. The smallest absolute Gasteiger partial charge is 0.191 e. The Labute approximate surface area is 186 Å². The maximum atomic E-state index is 5.65. The highest BCUT2D eigenvalue weighted by Gasteiger charge is 2.34. The number of benzene rings is 2. The van der Waals surface area contributed by atoms with Gasteiger partial charge < -0.3 is 24.8 Å². The molecule has 0 aliphatic carbocycles. The molecule has 0 amide bonds. The predicted molar refractivity (Wildman–Crippen MR) is 125 cm³/mol. The minimum atomic E-state index is 0.0329. The van der Waals surface area contributed by atoms with Crippen LogP contribution in [0.25, 0.3) is 0 Å². The summed E-state index contributed by atoms with van der Waals surface area (Å²) in [6.07, 6.45) is 2.85. The molecule has 3 rings (SSSR count). The molecule has 0 radical (unpaired) electrons. The first-order valence-corrected chi connectivity index (χ1v) is 11.1. The highest BCUT2D eigenvalue weighted by molar-refractivity contribution is 5.79. The molecule has 1 fully saturated rings. The number of methoxy groups -OCH3 is 2. The zero-order valence-corrected chi connectivity index (χ0v) is 18.9. The van der Waals surface area contributed by atoms with Gasteiger partial charge in [0, 0.05) is 31.7 Å². The van der Waals surface area contributed by atoms with Gasteiger partial charge in [0.25, 0.3) is 0 Å². The fourth-order valence-corrected chi connectivity index (χ4v) is 4.03. The summed E-state index contributed by atoms with van der Waals surface area (Å²) >= 11 is 0. The van der Waals surface area contributed by atoms with E-state index in [1.807, 2.05) is 12.1 Å². The lowest BCUT2D eigenvalue weighted by atomic mass is 9.74. The summed E-state index contributed by atoms with van der Waals surface area (Å²) in [4.78, 5) is 4.97. The molecule has 0 spiro atoms. The molecule has 0 bridgehead atoms. The zero-order valence-electron chi connectivity index (χ0n) is 18.9. The number of hydrogen-bond acceptors (Lipinski definition) is 4. The van der Waals surface area contributed by atoms with Crippen molar-refractivity contribution < 1.29 is 14.2 Å². The van der Waals surface area contributed by atoms with Crippen LogP contribution in [-0.4, -0.2) is 53.0 Å². The van der Waals surface area contributed by atoms with Crippen molar-refractivity contribution in [2.75, 3.05) is 47.1 Å². The normalized spacial score (nSPS) is 15.9. The SMILES string of the molecule is CCNC(=NCC1(c2ccccc2)CCOCC1)NCCc1ccc(OC)c(OC)c1. The monoisotopic (exact) mass is 425 g/mol. The van der Waals surface area contributed by atoms with Crippen molar-refractivity contribution in [3.8, 4) is 11.5 Å². The van der Waals surface area contributed by atoms with Crippen molar-refractivity contribution in [2.24, 2.45) is 4.99 Å². The molecule has 0 unspecified atom stereocenters. The van der Waals surface area contributed by atoms with Gasteiger partial charge in [0.15, 0.2) is 17.5 Å². The van der Waals surface area contributed by atoms with Crippen LogP contribution in [0.5, 0.6) is 11.5 Å². The Hall–Kier alpha value is -2.73. The summed E-state index contributed by atoms with van der Waals surface area (Å²) in [7, 11) is 3.31. The zero-order chi connectivity index (χ0) is 21.9. The highest BCUT2D eigenvalue weighted by atomic mass is 16.5. The molecule has 6 nitrogen and oxygen atoms in total. The maximum absolute atomic E-state index is 5.65. The Morgan fingerprint density at radius 1 is 1.00 bits per heavy atom. The van der Waals surface area contributed by atoms with Crippen LogP contribution in [-0.2, 0) is 16.6 Å². The van der Waals surface area contributed by atoms with Crippen LogP contribution in [0, 0.1) is 0 Å². The average Bonchev–Trinajstić information content (AvgIpc) is 2.83. The molecular weight excluding hydrogens is 390 g/mol. The van der Waals surface area contributed by atoms with E-state index in [2.05, 4.69) is 54.0 Å². The van der Waals surface area contributed by atoms with E-state index >= 15 is 0 Å². The van der Waals surface area contributed by atoms with Crippen molar-refractivity contribution in [1.29, 1.82) is 0 Å². The van der Waals surface area contributed by atoms with Gasteiger partial charge in [-0.15, -0.1) is 0 Å². The fourth-order valence-electron chi connectivity index (χ4n) is 4.03. The molecule has 1 saturated heterocycles. The molecule has 0 aromatic heterocycles. The second-order valence-corrected chi connectivity index (χ2v) is 7.82. The van der Waals surface area contributed by atoms with E-state index in [9.17, 15) is 0 Å². The number of guanidine groups is 1. The molecule has 168 valence electrons. The number of nitrogens with zero attached hydrogens (tertiary/aromatic N) is 1. The summed E-state index contributed by atoms with van der Waals surface area (Å²) in [5.41, 5.74) is 2.57. The van der Waals surface area contributed by atoms with E-state index in [4.69, 9.17) is 19.2 Å². The van der Waals surface area contributed by atoms with Crippen molar-refractivity contribution >= 4 is 5.96 Å². The van der Waals surface area contributed by atoms with Crippen molar-refractivity contribution in [3.63, 3.8) is 0 Å². The van der Waals surface area contributed by atoms with E-state index < -0.39 is 0 Å². The molecule has 31 heavy (non-hydrogen) atoms. The largest absolute Gasteiger partial charge is 0.493 e. The van der Waals surface area contributed by atoms with Gasteiger partial charge in [-0.05, 0) is 49.4 Å². The van der Waals surface area contributed by atoms with E-state index in [0.29, 0.717) is 0 Å². The average molecular weight is 426 g/mol. The number of rotatable bonds is 9. The fraction of sp³-hybridized carbons (Fsp3) is 0.480. The number of ether oxygens (including phenoxy) is 3. The first-order chi connectivity index (χ1) is 15.2. The van der Waals surface area contributed by atoms with Gasteiger partial charge in [-0.3, -0.25) is 4.99 Å². The van der Waals surface area contributed by atoms with Crippen molar-refractivity contribution in [2.45, 2.75) is 31.6 Å². The summed E-state index contributed by atoms with van der Waals surface area (Å²) in [5.74, 6) is 2.35. The first-order valence-electron chi connectivity index (χ1n) is 11.1. The first kappa shape index (κ1) is 22.9. The molecule has 2 N–H and O–H groups in total. The van der Waals surface area contributed by atoms with Crippen LogP contribution in [0.4, 0.5) is 0 Å². The Bertz CT molecular complexity index is 833. The van der Waals surface area contributed by atoms with E-state index in [1.54, 1.807) is 14.2 Å². The second kappa shape index (κ2) is 11.6. The van der Waals surface area contributed by atoms with E-state index in [0.717, 1.165) is 69.6 Å². The highest BCUT2D eigenvalue weighted by Crippen LogP contribution is 2.35. The van der Waals surface area contributed by atoms with E-state index in [1.165, 1.54) is 11.1 Å². The number of hydrogen-bond donors (Lipinski definition) is 2. The topological polar surface area (TPSA) is 64.1 Å². The quantitative estimate of drug-likeness (QED) is 0.475. The van der Waals surface area contributed by atoms with Crippen LogP contribution >= 0.6 is 0 Å². The number of nitrogens with one attached hydrogen (secondary N) is 2. The summed E-state index contributed by atoms with van der Waals surface area (Å²) < 4.78 is 16.4. The van der Waals surface area contributed by atoms with Gasteiger partial charge in [0.05, 0.1) is 20.8 Å². The van der Waals surface area contributed by atoms with Crippen LogP contribution in [0.3, 0.4) is 0 Å². The van der Waals surface area contributed by atoms with Crippen LogP contribution < -0.4 is 20.1 Å². The van der Waals surface area contributed by atoms with Gasteiger partial charge in [-0.2, -0.15) is 0 Å². The Morgan fingerprint density at radius 2 is 1.74 bits per heavy atom. The van der Waals surface area contributed by atoms with Gasteiger partial charge in [0.1, 0.15) is 0 Å². The molecule has 1 aliphatic heterocycles. The van der Waals surface area contributed by atoms with Gasteiger partial charge >= 0.3 is 0 Å². The summed E-state index contributed by atoms with van der Waals surface area (Å²) in [5, 5.41) is 6.86. The third-order valence-corrected chi connectivity index (χ3v) is 5.87. The lowest BCUT2D eigenvalue weighted by Gasteiger charge is -2.36. The third kappa shape index (κ3) is 6.14. The van der Waals surface area contributed by atoms with Crippen LogP contribution in [0.15, 0.2) is 53.5 Å². The Morgan fingerprint density at radius 3 is 2.42 bits per heavy atom. The van der Waals surface area contributed by atoms with Gasteiger partial charge in [0.2, 0.25) is 0 Å². The Kier molecular flexibility index (Phi) is 8.59. The predicted octanol–water partition coefficient (Wildman–Crippen LogP) is 3.55. The molecule has 0 atom stereocenters.